The zero-order chi connectivity index (χ0) is 48.7. The lowest BCUT2D eigenvalue weighted by Gasteiger charge is -2.44. The molecule has 65 heavy (non-hydrogen) atoms. The number of carboxylic acid groups (broad SMARTS) is 1. The van der Waals surface area contributed by atoms with Gasteiger partial charge in [0.2, 0.25) is 0 Å². The van der Waals surface area contributed by atoms with Gasteiger partial charge in [-0.05, 0) is 33.1 Å². The van der Waals surface area contributed by atoms with Gasteiger partial charge < -0.3 is 80.9 Å². The second kappa shape index (κ2) is 30.0. The second-order valence-corrected chi connectivity index (χ2v) is 17.2. The van der Waals surface area contributed by atoms with Crippen LogP contribution in [0, 0.1) is 17.8 Å². The molecule has 0 saturated carbocycles. The highest BCUT2D eigenvalue weighted by Gasteiger charge is 2.50. The van der Waals surface area contributed by atoms with Gasteiger partial charge >= 0.3 is 11.9 Å². The second-order valence-electron chi connectivity index (χ2n) is 17.2. The van der Waals surface area contributed by atoms with Crippen molar-refractivity contribution in [3.8, 4) is 0 Å². The monoisotopic (exact) mass is 926 g/mol. The summed E-state index contributed by atoms with van der Waals surface area (Å²) >= 11 is 0. The molecule has 0 aromatic carbocycles. The van der Waals surface area contributed by atoms with Crippen LogP contribution >= 0.6 is 0 Å². The summed E-state index contributed by atoms with van der Waals surface area (Å²) in [6, 6.07) is -0.987. The maximum absolute atomic E-state index is 12.6. The topological polar surface area (TPSA) is 320 Å². The van der Waals surface area contributed by atoms with Gasteiger partial charge in [-0.1, -0.05) is 98.9 Å². The lowest BCUT2D eigenvalue weighted by atomic mass is 9.82. The predicted molar refractivity (Wildman–Crippen MR) is 239 cm³/mol. The number of fused-ring (bicyclic) bond motifs is 2. The van der Waals surface area contributed by atoms with Crippen molar-refractivity contribution in [3.05, 3.63) is 85.1 Å². The highest BCUT2D eigenvalue weighted by Crippen LogP contribution is 2.37. The molecule has 2 aliphatic rings. The standard InChI is InChI=1S/C47H75NO17/c1-29-17-15-13-11-9-7-5-6-8-10-12-14-16-18-36(63-28-62-32(4)45(58)37(48)27-49)24-41-43(46(59)60)40(55)26-47(61,65-41)25-35(52)22-39(54)38(53)20-19-33(50)21-34(51)23-42(56)64-31(3)30(2)44(29)57/h5-18,29-41,43-45,49-55,57-58,61H,19-28,48H2,1-4H3,(H,59,60)/b6-5+,9-7+,10-8+,13-11+,14-12+,17-15+,18-16+/t29-,30-,31-,32+,33+,34+,35-,36-,37+,38+,39+,40-,41-,43+,44+,45+,47+/m0/s1. The van der Waals surface area contributed by atoms with Gasteiger partial charge in [0.15, 0.2) is 5.79 Å². The molecule has 0 aromatic heterocycles. The smallest absolute Gasteiger partial charge is 0.311 e. The number of carbonyl (C=O) groups is 2. The fraction of sp³-hybridized carbons (Fsp3) is 0.660. The van der Waals surface area contributed by atoms with Crippen molar-refractivity contribution in [2.45, 2.75) is 164 Å². The van der Waals surface area contributed by atoms with Crippen molar-refractivity contribution in [2.24, 2.45) is 23.5 Å². The molecule has 2 bridgehead atoms. The zero-order valence-electron chi connectivity index (χ0n) is 37.8. The van der Waals surface area contributed by atoms with E-state index in [1.165, 1.54) is 6.92 Å². The molecule has 0 radical (unpaired) electrons. The number of hydrogen-bond donors (Lipinski definition) is 12. The van der Waals surface area contributed by atoms with E-state index in [1.54, 1.807) is 74.6 Å². The summed E-state index contributed by atoms with van der Waals surface area (Å²) in [5.74, 6) is -6.71. The van der Waals surface area contributed by atoms with Crippen molar-refractivity contribution < 1.29 is 84.7 Å². The number of aliphatic hydroxyl groups is 10. The number of aliphatic hydroxyl groups excluding tert-OH is 9. The summed E-state index contributed by atoms with van der Waals surface area (Å²) in [5.41, 5.74) is 5.71. The van der Waals surface area contributed by atoms with E-state index in [0.717, 1.165) is 0 Å². The lowest BCUT2D eigenvalue weighted by Crippen LogP contribution is -2.56. The summed E-state index contributed by atoms with van der Waals surface area (Å²) in [4.78, 5) is 25.0. The average Bonchev–Trinajstić information content (AvgIpc) is 3.22. The van der Waals surface area contributed by atoms with Crippen LogP contribution in [0.25, 0.3) is 0 Å². The molecule has 0 aromatic rings. The van der Waals surface area contributed by atoms with Crippen LogP contribution in [0.15, 0.2) is 85.1 Å². The van der Waals surface area contributed by atoms with E-state index < -0.39 is 148 Å². The number of carboxylic acids is 1. The number of allylic oxidation sites excluding steroid dienone is 12. The maximum atomic E-state index is 12.6. The molecule has 18 nitrogen and oxygen atoms in total. The van der Waals surface area contributed by atoms with Gasteiger partial charge in [-0.3, -0.25) is 9.59 Å². The van der Waals surface area contributed by atoms with E-state index in [4.69, 9.17) is 24.7 Å². The number of ether oxygens (including phenoxy) is 4. The van der Waals surface area contributed by atoms with Crippen molar-refractivity contribution in [1.29, 1.82) is 0 Å². The van der Waals surface area contributed by atoms with Crippen LogP contribution in [0.1, 0.15) is 79.1 Å². The molecule has 2 rings (SSSR count). The Labute approximate surface area is 382 Å². The normalized spacial score (nSPS) is 39.9. The van der Waals surface area contributed by atoms with Crippen molar-refractivity contribution >= 4 is 11.9 Å². The molecule has 18 heteroatoms. The number of esters is 1. The Hall–Kier alpha value is -3.44. The van der Waals surface area contributed by atoms with Crippen molar-refractivity contribution in [1.82, 2.24) is 0 Å². The van der Waals surface area contributed by atoms with Gasteiger partial charge in [-0.25, -0.2) is 0 Å². The Morgan fingerprint density at radius 1 is 0.785 bits per heavy atom. The van der Waals surface area contributed by atoms with Crippen LogP contribution in [0.5, 0.6) is 0 Å². The van der Waals surface area contributed by atoms with Crippen LogP contribution in [0.4, 0.5) is 0 Å². The van der Waals surface area contributed by atoms with Crippen molar-refractivity contribution in [2.75, 3.05) is 13.4 Å². The molecule has 0 amide bonds. The van der Waals surface area contributed by atoms with Gasteiger partial charge in [0.25, 0.3) is 0 Å². The summed E-state index contributed by atoms with van der Waals surface area (Å²) in [6.45, 7) is 5.80. The third kappa shape index (κ3) is 21.8. The van der Waals surface area contributed by atoms with E-state index >= 15 is 0 Å². The van der Waals surface area contributed by atoms with E-state index in [9.17, 15) is 65.8 Å². The first-order valence-electron chi connectivity index (χ1n) is 22.2. The lowest BCUT2D eigenvalue weighted by molar-refractivity contribution is -0.301. The molecule has 2 aliphatic heterocycles. The van der Waals surface area contributed by atoms with Crippen molar-refractivity contribution in [3.63, 3.8) is 0 Å². The highest BCUT2D eigenvalue weighted by molar-refractivity contribution is 5.71. The minimum Gasteiger partial charge on any atom is -0.481 e. The minimum atomic E-state index is -2.29. The molecule has 370 valence electrons. The van der Waals surface area contributed by atoms with Crippen LogP contribution < -0.4 is 5.73 Å². The van der Waals surface area contributed by atoms with Crippen LogP contribution in [0.2, 0.25) is 0 Å². The first-order valence-corrected chi connectivity index (χ1v) is 22.2. The molecule has 0 unspecified atom stereocenters. The number of hydrogen-bond acceptors (Lipinski definition) is 17. The SMILES string of the molecule is C[C@@H]1[C@H](O)[C@@H](C)/C=C/C=C/C=C/C=C/C=C/C=C/C=C/[C@H](OCO[C@H](C)[C@@H](O)[C@H](N)CO)C[C@@H]2O[C@](O)(C[C@@H](O)C[C@@H](O)[C@H](O)CC[C@@H](O)C[C@@H](O)CC(=O)O[C@H]1C)C[C@H](O)[C@H]2C(=O)O. The molecule has 0 aliphatic carbocycles. The Bertz CT molecular complexity index is 1600. The van der Waals surface area contributed by atoms with E-state index in [2.05, 4.69) is 0 Å². The molecule has 13 N–H and O–H groups in total. The van der Waals surface area contributed by atoms with E-state index in [-0.39, 0.29) is 31.6 Å². The Morgan fingerprint density at radius 2 is 1.35 bits per heavy atom. The zero-order valence-corrected chi connectivity index (χ0v) is 37.8. The summed E-state index contributed by atoms with van der Waals surface area (Å²) < 4.78 is 22.8. The highest BCUT2D eigenvalue weighted by atomic mass is 16.7. The first kappa shape index (κ1) is 57.7. The van der Waals surface area contributed by atoms with Gasteiger partial charge in [0, 0.05) is 37.5 Å². The first-order chi connectivity index (χ1) is 30.7. The number of carbonyl (C=O) groups excluding carboxylic acids is 1. The maximum Gasteiger partial charge on any atom is 0.311 e. The number of rotatable bonds is 8. The number of aliphatic carboxylic acids is 1. The molecule has 1 saturated heterocycles. The van der Waals surface area contributed by atoms with E-state index in [1.807, 2.05) is 31.2 Å². The van der Waals surface area contributed by atoms with Gasteiger partial charge in [0.1, 0.15) is 18.8 Å². The number of cyclic esters (lactones) is 1. The Balaban J connectivity index is 2.34. The third-order valence-corrected chi connectivity index (χ3v) is 11.6. The van der Waals surface area contributed by atoms with E-state index in [0.29, 0.717) is 0 Å². The molecular weight excluding hydrogens is 851 g/mol. The van der Waals surface area contributed by atoms with Crippen LogP contribution in [-0.4, -0.2) is 167 Å². The van der Waals surface area contributed by atoms with Gasteiger partial charge in [-0.15, -0.1) is 0 Å². The van der Waals surface area contributed by atoms with Gasteiger partial charge in [-0.2, -0.15) is 0 Å². The summed E-state index contributed by atoms with van der Waals surface area (Å²) in [6.07, 6.45) is 6.93. The van der Waals surface area contributed by atoms with Crippen LogP contribution in [0.3, 0.4) is 0 Å². The summed E-state index contributed by atoms with van der Waals surface area (Å²) in [5, 5.41) is 116. The van der Waals surface area contributed by atoms with Gasteiger partial charge in [0.05, 0.1) is 86.2 Å². The Kier molecular flexibility index (Phi) is 26.7. The average molecular weight is 926 g/mol. The molecule has 17 atom stereocenters. The fourth-order valence-electron chi connectivity index (χ4n) is 7.43. The quantitative estimate of drug-likeness (QED) is 0.119. The third-order valence-electron chi connectivity index (χ3n) is 11.6. The Morgan fingerprint density at radius 3 is 1.92 bits per heavy atom. The fourth-order valence-corrected chi connectivity index (χ4v) is 7.43. The predicted octanol–water partition coefficient (Wildman–Crippen LogP) is 0.961. The molecule has 1 fully saturated rings. The minimum absolute atomic E-state index is 0.101. The summed E-state index contributed by atoms with van der Waals surface area (Å²) in [7, 11) is 0. The van der Waals surface area contributed by atoms with Crippen LogP contribution in [-0.2, 0) is 28.5 Å². The molecule has 2 heterocycles. The molecular formula is C47H75NO17. The molecule has 0 spiro atoms. The largest absolute Gasteiger partial charge is 0.481 e. The number of nitrogens with two attached hydrogens (primary N) is 1.